The molecule has 2 aromatic heterocycles. The summed E-state index contributed by atoms with van der Waals surface area (Å²) in [6.45, 7) is 0. The van der Waals surface area contributed by atoms with E-state index in [0.717, 1.165) is 16.5 Å². The van der Waals surface area contributed by atoms with Crippen molar-refractivity contribution < 1.29 is 4.42 Å². The first-order chi connectivity index (χ1) is 10.2. The highest BCUT2D eigenvalue weighted by Gasteiger charge is 2.17. The van der Waals surface area contributed by atoms with Gasteiger partial charge >= 0.3 is 0 Å². The van der Waals surface area contributed by atoms with Crippen LogP contribution in [0.1, 0.15) is 0 Å². The minimum absolute atomic E-state index is 0.170. The molecule has 0 aliphatic rings. The summed E-state index contributed by atoms with van der Waals surface area (Å²) in [4.78, 5) is 8.60. The Morgan fingerprint density at radius 2 is 1.62 bits per heavy atom. The number of para-hydroxylation sites is 1. The Bertz CT molecular complexity index is 979. The van der Waals surface area contributed by atoms with Crippen LogP contribution < -0.4 is 0 Å². The minimum Gasteiger partial charge on any atom is -0.452 e. The highest BCUT2D eigenvalue weighted by Crippen LogP contribution is 2.36. The third kappa shape index (κ3) is 1.97. The number of nitrogens with zero attached hydrogens (tertiary/aromatic N) is 2. The van der Waals surface area contributed by atoms with Gasteiger partial charge < -0.3 is 4.42 Å². The fourth-order valence-electron chi connectivity index (χ4n) is 2.40. The maximum Gasteiger partial charge on any atom is 0.223 e. The normalized spacial score (nSPS) is 11.3. The van der Waals surface area contributed by atoms with Gasteiger partial charge in [0.25, 0.3) is 0 Å². The number of benzene rings is 2. The molecule has 102 valence electrons. The molecular weight excluding hydrogens is 307 g/mol. The van der Waals surface area contributed by atoms with Crippen molar-refractivity contribution in [2.45, 2.75) is 0 Å². The predicted molar refractivity (Wildman–Crippen MR) is 84.8 cm³/mol. The first-order valence-electron chi connectivity index (χ1n) is 6.34. The second-order valence-electron chi connectivity index (χ2n) is 4.60. The topological polar surface area (TPSA) is 38.9 Å². The van der Waals surface area contributed by atoms with Gasteiger partial charge in [0.1, 0.15) is 16.8 Å². The molecule has 2 aromatic carbocycles. The molecule has 0 saturated heterocycles. The fraction of sp³-hybridized carbons (Fsp3) is 0. The largest absolute Gasteiger partial charge is 0.452 e. The van der Waals surface area contributed by atoms with Gasteiger partial charge in [-0.25, -0.2) is 9.97 Å². The van der Waals surface area contributed by atoms with Crippen molar-refractivity contribution in [3.05, 3.63) is 58.8 Å². The van der Waals surface area contributed by atoms with Crippen molar-refractivity contribution in [2.75, 3.05) is 0 Å². The van der Waals surface area contributed by atoms with E-state index in [2.05, 4.69) is 9.97 Å². The molecule has 0 bridgehead atoms. The summed E-state index contributed by atoms with van der Waals surface area (Å²) in [7, 11) is 0. The van der Waals surface area contributed by atoms with Crippen LogP contribution >= 0.6 is 23.2 Å². The average molecular weight is 315 g/mol. The van der Waals surface area contributed by atoms with Gasteiger partial charge in [0.15, 0.2) is 5.58 Å². The number of hydrogen-bond acceptors (Lipinski definition) is 3. The first-order valence-corrected chi connectivity index (χ1v) is 7.09. The molecule has 0 aliphatic heterocycles. The van der Waals surface area contributed by atoms with Gasteiger partial charge in [-0.3, -0.25) is 0 Å². The van der Waals surface area contributed by atoms with Gasteiger partial charge in [-0.05, 0) is 29.8 Å². The van der Waals surface area contributed by atoms with E-state index < -0.39 is 0 Å². The van der Waals surface area contributed by atoms with Crippen LogP contribution in [0.3, 0.4) is 0 Å². The fourth-order valence-corrected chi connectivity index (χ4v) is 2.79. The molecule has 0 fully saturated rings. The Morgan fingerprint density at radius 3 is 2.48 bits per heavy atom. The summed E-state index contributed by atoms with van der Waals surface area (Å²) in [5.74, 6) is 0. The van der Waals surface area contributed by atoms with Crippen molar-refractivity contribution in [1.82, 2.24) is 9.97 Å². The quantitative estimate of drug-likeness (QED) is 0.444. The number of hydrogen-bond donors (Lipinski definition) is 0. The van der Waals surface area contributed by atoms with Crippen LogP contribution in [0.25, 0.3) is 33.3 Å². The zero-order chi connectivity index (χ0) is 14.4. The molecule has 4 aromatic rings. The molecular formula is C16H8Cl2N2O. The summed E-state index contributed by atoms with van der Waals surface area (Å²) >= 11 is 12.3. The van der Waals surface area contributed by atoms with Crippen molar-refractivity contribution in [3.8, 4) is 11.3 Å². The Morgan fingerprint density at radius 1 is 0.857 bits per heavy atom. The molecule has 0 amide bonds. The molecule has 0 atom stereocenters. The van der Waals surface area contributed by atoms with E-state index in [4.69, 9.17) is 27.6 Å². The molecule has 0 unspecified atom stereocenters. The molecule has 5 heteroatoms. The van der Waals surface area contributed by atoms with Crippen molar-refractivity contribution in [3.63, 3.8) is 0 Å². The molecule has 0 radical (unpaired) electrons. The van der Waals surface area contributed by atoms with Crippen molar-refractivity contribution in [2.24, 2.45) is 0 Å². The highest BCUT2D eigenvalue weighted by molar-refractivity contribution is 6.34. The van der Waals surface area contributed by atoms with Crippen LogP contribution in [-0.4, -0.2) is 9.97 Å². The summed E-state index contributed by atoms with van der Waals surface area (Å²) in [5, 5.41) is 1.67. The van der Waals surface area contributed by atoms with E-state index in [-0.39, 0.29) is 5.28 Å². The minimum atomic E-state index is 0.170. The van der Waals surface area contributed by atoms with Gasteiger partial charge in [0.05, 0.1) is 5.02 Å². The second-order valence-corrected chi connectivity index (χ2v) is 5.34. The number of aromatic nitrogens is 2. The third-order valence-corrected chi connectivity index (χ3v) is 3.82. The first kappa shape index (κ1) is 12.6. The number of rotatable bonds is 1. The maximum absolute atomic E-state index is 6.27. The SMILES string of the molecule is Clc1nc(-c2ccccc2Cl)c2oc3ccccc3c2n1. The van der Waals surface area contributed by atoms with Crippen LogP contribution in [0.15, 0.2) is 52.9 Å². The standard InChI is InChI=1S/C16H8Cl2N2O/c17-11-7-3-1-5-9(11)13-15-14(20-16(18)19-13)10-6-2-4-8-12(10)21-15/h1-8H. The lowest BCUT2D eigenvalue weighted by atomic mass is 10.1. The Balaban J connectivity index is 2.17. The highest BCUT2D eigenvalue weighted by atomic mass is 35.5. The molecule has 3 nitrogen and oxygen atoms in total. The van der Waals surface area contributed by atoms with Crippen molar-refractivity contribution in [1.29, 1.82) is 0 Å². The lowest BCUT2D eigenvalue weighted by Crippen LogP contribution is -1.89. The number of halogens is 2. The van der Waals surface area contributed by atoms with E-state index in [1.165, 1.54) is 0 Å². The second kappa shape index (κ2) is 4.72. The maximum atomic E-state index is 6.27. The van der Waals surface area contributed by atoms with Crippen LogP contribution in [-0.2, 0) is 0 Å². The Hall–Kier alpha value is -2.10. The van der Waals surface area contributed by atoms with Gasteiger partial charge in [-0.15, -0.1) is 0 Å². The molecule has 21 heavy (non-hydrogen) atoms. The number of fused-ring (bicyclic) bond motifs is 3. The van der Waals surface area contributed by atoms with E-state index >= 15 is 0 Å². The lowest BCUT2D eigenvalue weighted by Gasteiger charge is -2.04. The van der Waals surface area contributed by atoms with E-state index in [1.807, 2.05) is 42.5 Å². The smallest absolute Gasteiger partial charge is 0.223 e. The molecule has 2 heterocycles. The van der Waals surface area contributed by atoms with Crippen LogP contribution in [0, 0.1) is 0 Å². The van der Waals surface area contributed by atoms with Crippen LogP contribution in [0.5, 0.6) is 0 Å². The predicted octanol–water partition coefficient (Wildman–Crippen LogP) is 5.35. The summed E-state index contributed by atoms with van der Waals surface area (Å²) < 4.78 is 5.91. The van der Waals surface area contributed by atoms with Gasteiger partial charge in [0, 0.05) is 10.9 Å². The molecule has 4 rings (SSSR count). The molecule has 0 aliphatic carbocycles. The van der Waals surface area contributed by atoms with E-state index in [1.54, 1.807) is 6.07 Å². The zero-order valence-corrected chi connectivity index (χ0v) is 12.2. The van der Waals surface area contributed by atoms with Crippen LogP contribution in [0.2, 0.25) is 10.3 Å². The van der Waals surface area contributed by atoms with E-state index in [9.17, 15) is 0 Å². The van der Waals surface area contributed by atoms with Crippen LogP contribution in [0.4, 0.5) is 0 Å². The average Bonchev–Trinajstić information content (AvgIpc) is 2.86. The summed E-state index contributed by atoms with van der Waals surface area (Å²) in [6, 6.07) is 15.1. The lowest BCUT2D eigenvalue weighted by molar-refractivity contribution is 0.667. The monoisotopic (exact) mass is 314 g/mol. The van der Waals surface area contributed by atoms with Gasteiger partial charge in [-0.1, -0.05) is 41.9 Å². The van der Waals surface area contributed by atoms with Gasteiger partial charge in [0.2, 0.25) is 5.28 Å². The molecule has 0 spiro atoms. The Kier molecular flexibility index (Phi) is 2.84. The molecule has 0 N–H and O–H groups in total. The van der Waals surface area contributed by atoms with Crippen molar-refractivity contribution >= 4 is 45.3 Å². The number of furan rings is 1. The van der Waals surface area contributed by atoms with Gasteiger partial charge in [-0.2, -0.15) is 0 Å². The third-order valence-electron chi connectivity index (χ3n) is 3.32. The van der Waals surface area contributed by atoms with E-state index in [0.29, 0.717) is 21.8 Å². The summed E-state index contributed by atoms with van der Waals surface area (Å²) in [5.41, 5.74) is 3.41. The summed E-state index contributed by atoms with van der Waals surface area (Å²) in [6.07, 6.45) is 0. The zero-order valence-electron chi connectivity index (χ0n) is 10.7. The molecule has 0 saturated carbocycles. The Labute approximate surface area is 130 Å².